The van der Waals surface area contributed by atoms with Crippen molar-refractivity contribution in [1.82, 2.24) is 4.57 Å². The second-order valence-electron chi connectivity index (χ2n) is 3.60. The first-order chi connectivity index (χ1) is 6.45. The van der Waals surface area contributed by atoms with E-state index in [1.54, 1.807) is 17.7 Å². The minimum atomic E-state index is -0.205. The summed E-state index contributed by atoms with van der Waals surface area (Å²) in [7, 11) is 1.70. The molecule has 4 nitrogen and oxygen atoms in total. The highest BCUT2D eigenvalue weighted by Crippen LogP contribution is 2.11. The smallest absolute Gasteiger partial charge is 0.261 e. The Kier molecular flexibility index (Phi) is 2.74. The lowest BCUT2D eigenvalue weighted by Gasteiger charge is -2.12. The molecular formula is C10H15N3O. The number of pyridine rings is 1. The lowest BCUT2D eigenvalue weighted by atomic mass is 10.1. The molecule has 0 aromatic carbocycles. The van der Waals surface area contributed by atoms with Crippen LogP contribution in [-0.4, -0.2) is 10.4 Å². The standard InChI is InChI=1S/C10H15N3O/c1-6(2)8-5-4-7(9(11)12)10(14)13(8)3/h4-6H,1-3H3,(H3,11,12). The number of nitrogen functional groups attached to an aromatic ring is 1. The average molecular weight is 193 g/mol. The summed E-state index contributed by atoms with van der Waals surface area (Å²) in [6.45, 7) is 4.03. The number of amidine groups is 1. The van der Waals surface area contributed by atoms with Crippen LogP contribution in [0.25, 0.3) is 0 Å². The Morgan fingerprint density at radius 1 is 1.50 bits per heavy atom. The molecule has 1 heterocycles. The molecule has 3 N–H and O–H groups in total. The van der Waals surface area contributed by atoms with Crippen molar-refractivity contribution in [3.05, 3.63) is 33.7 Å². The van der Waals surface area contributed by atoms with E-state index in [2.05, 4.69) is 0 Å². The predicted molar refractivity (Wildman–Crippen MR) is 56.8 cm³/mol. The van der Waals surface area contributed by atoms with Crippen LogP contribution >= 0.6 is 0 Å². The van der Waals surface area contributed by atoms with Gasteiger partial charge in [0.05, 0.1) is 5.56 Å². The van der Waals surface area contributed by atoms with Crippen molar-refractivity contribution in [2.45, 2.75) is 19.8 Å². The molecule has 0 amide bonds. The molecule has 0 radical (unpaired) electrons. The number of hydrogen-bond acceptors (Lipinski definition) is 2. The number of nitrogens with zero attached hydrogens (tertiary/aromatic N) is 1. The van der Waals surface area contributed by atoms with E-state index >= 15 is 0 Å². The number of rotatable bonds is 2. The number of nitrogens with one attached hydrogen (secondary N) is 1. The molecule has 1 aromatic rings. The van der Waals surface area contributed by atoms with Gasteiger partial charge in [0.1, 0.15) is 5.84 Å². The summed E-state index contributed by atoms with van der Waals surface area (Å²) in [5, 5.41) is 7.22. The first-order valence-electron chi connectivity index (χ1n) is 4.49. The van der Waals surface area contributed by atoms with E-state index in [0.29, 0.717) is 0 Å². The van der Waals surface area contributed by atoms with Crippen LogP contribution in [0.3, 0.4) is 0 Å². The Labute approximate surface area is 82.9 Å². The minimum Gasteiger partial charge on any atom is -0.384 e. The van der Waals surface area contributed by atoms with E-state index in [-0.39, 0.29) is 22.9 Å². The Balaban J connectivity index is 3.42. The largest absolute Gasteiger partial charge is 0.384 e. The fourth-order valence-electron chi connectivity index (χ4n) is 1.43. The first-order valence-corrected chi connectivity index (χ1v) is 4.49. The van der Waals surface area contributed by atoms with Gasteiger partial charge in [0, 0.05) is 12.7 Å². The summed E-state index contributed by atoms with van der Waals surface area (Å²) >= 11 is 0. The molecule has 0 aliphatic carbocycles. The van der Waals surface area contributed by atoms with Crippen LogP contribution in [0.2, 0.25) is 0 Å². The highest BCUT2D eigenvalue weighted by molar-refractivity contribution is 5.94. The highest BCUT2D eigenvalue weighted by atomic mass is 16.1. The second kappa shape index (κ2) is 3.65. The fraction of sp³-hybridized carbons (Fsp3) is 0.400. The lowest BCUT2D eigenvalue weighted by molar-refractivity contribution is 0.705. The van der Waals surface area contributed by atoms with Crippen molar-refractivity contribution in [2.75, 3.05) is 0 Å². The van der Waals surface area contributed by atoms with Crippen LogP contribution in [0.4, 0.5) is 0 Å². The molecule has 4 heteroatoms. The van der Waals surface area contributed by atoms with Gasteiger partial charge < -0.3 is 10.3 Å². The summed E-state index contributed by atoms with van der Waals surface area (Å²) in [5.74, 6) is 0.106. The fourth-order valence-corrected chi connectivity index (χ4v) is 1.43. The number of nitrogens with two attached hydrogens (primary N) is 1. The monoisotopic (exact) mass is 193 g/mol. The zero-order chi connectivity index (χ0) is 10.9. The summed E-state index contributed by atoms with van der Waals surface area (Å²) in [6.07, 6.45) is 0. The van der Waals surface area contributed by atoms with Gasteiger partial charge in [0.25, 0.3) is 5.56 Å². The van der Waals surface area contributed by atoms with Crippen LogP contribution in [0, 0.1) is 5.41 Å². The molecule has 1 rings (SSSR count). The van der Waals surface area contributed by atoms with E-state index in [1.165, 1.54) is 0 Å². The summed E-state index contributed by atoms with van der Waals surface area (Å²) < 4.78 is 1.54. The normalized spacial score (nSPS) is 10.6. The van der Waals surface area contributed by atoms with E-state index in [4.69, 9.17) is 11.1 Å². The van der Waals surface area contributed by atoms with Gasteiger partial charge in [-0.2, -0.15) is 0 Å². The average Bonchev–Trinajstić information content (AvgIpc) is 2.08. The van der Waals surface area contributed by atoms with Gasteiger partial charge in [-0.1, -0.05) is 13.8 Å². The Morgan fingerprint density at radius 2 is 2.07 bits per heavy atom. The predicted octanol–water partition coefficient (Wildman–Crippen LogP) is 0.793. The van der Waals surface area contributed by atoms with Gasteiger partial charge >= 0.3 is 0 Å². The Hall–Kier alpha value is -1.58. The van der Waals surface area contributed by atoms with Gasteiger partial charge in [0.15, 0.2) is 0 Å². The molecule has 76 valence electrons. The third-order valence-corrected chi connectivity index (χ3v) is 2.22. The molecule has 0 spiro atoms. The van der Waals surface area contributed by atoms with E-state index in [1.807, 2.05) is 19.9 Å². The molecule has 0 bridgehead atoms. The highest BCUT2D eigenvalue weighted by Gasteiger charge is 2.09. The summed E-state index contributed by atoms with van der Waals surface area (Å²) in [4.78, 5) is 11.7. The molecule has 0 unspecified atom stereocenters. The molecule has 0 atom stereocenters. The minimum absolute atomic E-state index is 0.180. The van der Waals surface area contributed by atoms with Gasteiger partial charge in [-0.3, -0.25) is 10.2 Å². The Morgan fingerprint density at radius 3 is 2.50 bits per heavy atom. The molecular weight excluding hydrogens is 178 g/mol. The second-order valence-corrected chi connectivity index (χ2v) is 3.60. The topological polar surface area (TPSA) is 71.9 Å². The van der Waals surface area contributed by atoms with Crippen molar-refractivity contribution in [1.29, 1.82) is 5.41 Å². The lowest BCUT2D eigenvalue weighted by Crippen LogP contribution is -2.29. The third-order valence-electron chi connectivity index (χ3n) is 2.22. The van der Waals surface area contributed by atoms with Gasteiger partial charge in [-0.15, -0.1) is 0 Å². The van der Waals surface area contributed by atoms with Crippen LogP contribution in [0.5, 0.6) is 0 Å². The zero-order valence-corrected chi connectivity index (χ0v) is 8.66. The van der Waals surface area contributed by atoms with Crippen molar-refractivity contribution in [2.24, 2.45) is 12.8 Å². The molecule has 0 saturated carbocycles. The van der Waals surface area contributed by atoms with E-state index in [9.17, 15) is 4.79 Å². The zero-order valence-electron chi connectivity index (χ0n) is 8.66. The van der Waals surface area contributed by atoms with Crippen LogP contribution < -0.4 is 11.3 Å². The quantitative estimate of drug-likeness (QED) is 0.538. The van der Waals surface area contributed by atoms with Crippen molar-refractivity contribution >= 4 is 5.84 Å². The number of aromatic nitrogens is 1. The first kappa shape index (κ1) is 10.5. The number of hydrogen-bond donors (Lipinski definition) is 2. The molecule has 1 aromatic heterocycles. The maximum atomic E-state index is 11.7. The van der Waals surface area contributed by atoms with Crippen LogP contribution in [-0.2, 0) is 7.05 Å². The van der Waals surface area contributed by atoms with E-state index in [0.717, 1.165) is 5.69 Å². The maximum absolute atomic E-state index is 11.7. The molecule has 14 heavy (non-hydrogen) atoms. The SMILES string of the molecule is CC(C)c1ccc(C(=N)N)c(=O)n1C. The van der Waals surface area contributed by atoms with Gasteiger partial charge in [-0.25, -0.2) is 0 Å². The molecule has 0 fully saturated rings. The maximum Gasteiger partial charge on any atom is 0.261 e. The summed E-state index contributed by atoms with van der Waals surface area (Å²) in [6, 6.07) is 3.45. The van der Waals surface area contributed by atoms with Crippen LogP contribution in [0.15, 0.2) is 16.9 Å². The van der Waals surface area contributed by atoms with Crippen molar-refractivity contribution in [3.63, 3.8) is 0 Å². The van der Waals surface area contributed by atoms with Crippen molar-refractivity contribution < 1.29 is 0 Å². The summed E-state index contributed by atoms with van der Waals surface area (Å²) in [5.41, 5.74) is 6.28. The Bertz CT molecular complexity index is 418. The third kappa shape index (κ3) is 1.69. The molecule has 0 aliphatic rings. The molecule has 0 aliphatic heterocycles. The molecule has 0 saturated heterocycles. The van der Waals surface area contributed by atoms with Crippen molar-refractivity contribution in [3.8, 4) is 0 Å². The van der Waals surface area contributed by atoms with Crippen LogP contribution in [0.1, 0.15) is 31.0 Å². The van der Waals surface area contributed by atoms with E-state index < -0.39 is 0 Å². The van der Waals surface area contributed by atoms with Gasteiger partial charge in [-0.05, 0) is 18.1 Å². The van der Waals surface area contributed by atoms with Gasteiger partial charge in [0.2, 0.25) is 0 Å².